The lowest BCUT2D eigenvalue weighted by atomic mass is 9.81. The van der Waals surface area contributed by atoms with Gasteiger partial charge in [-0.3, -0.25) is 4.79 Å². The molecule has 1 aliphatic heterocycles. The van der Waals surface area contributed by atoms with Crippen molar-refractivity contribution >= 4 is 5.91 Å². The molecule has 1 saturated carbocycles. The number of aliphatic hydroxyl groups is 1. The number of carbonyl (C=O) groups is 1. The maximum absolute atomic E-state index is 12.4. The second-order valence-electron chi connectivity index (χ2n) is 7.34. The summed E-state index contributed by atoms with van der Waals surface area (Å²) in [5, 5.41) is 14.0. The van der Waals surface area contributed by atoms with Gasteiger partial charge in [0, 0.05) is 37.2 Å². The SMILES string of the molecule is Cc1cccc(C#CC2(O)CCCC(NC(=O)C3CCOCC3)C2)c1. The van der Waals surface area contributed by atoms with Gasteiger partial charge in [0.2, 0.25) is 5.91 Å². The fourth-order valence-electron chi connectivity index (χ4n) is 3.68. The highest BCUT2D eigenvalue weighted by Crippen LogP contribution is 2.28. The maximum atomic E-state index is 12.4. The van der Waals surface area contributed by atoms with Gasteiger partial charge in [0.05, 0.1) is 0 Å². The van der Waals surface area contributed by atoms with Crippen LogP contribution in [0.25, 0.3) is 0 Å². The third kappa shape index (κ3) is 5.07. The van der Waals surface area contributed by atoms with Gasteiger partial charge in [0.25, 0.3) is 0 Å². The van der Waals surface area contributed by atoms with E-state index < -0.39 is 5.60 Å². The molecule has 2 unspecified atom stereocenters. The molecule has 2 fully saturated rings. The van der Waals surface area contributed by atoms with E-state index in [1.54, 1.807) is 0 Å². The van der Waals surface area contributed by atoms with Crippen LogP contribution in [0.15, 0.2) is 24.3 Å². The van der Waals surface area contributed by atoms with Crippen molar-refractivity contribution in [2.45, 2.75) is 57.1 Å². The summed E-state index contributed by atoms with van der Waals surface area (Å²) in [6, 6.07) is 7.98. The smallest absolute Gasteiger partial charge is 0.223 e. The third-order valence-corrected chi connectivity index (χ3v) is 5.12. The van der Waals surface area contributed by atoms with Crippen LogP contribution in [-0.4, -0.2) is 35.9 Å². The Morgan fingerprint density at radius 1 is 1.32 bits per heavy atom. The van der Waals surface area contributed by atoms with Gasteiger partial charge in [-0.2, -0.15) is 0 Å². The van der Waals surface area contributed by atoms with Crippen LogP contribution < -0.4 is 5.32 Å². The molecule has 0 bridgehead atoms. The van der Waals surface area contributed by atoms with Crippen LogP contribution in [0.5, 0.6) is 0 Å². The zero-order valence-corrected chi connectivity index (χ0v) is 14.9. The number of nitrogens with one attached hydrogen (secondary N) is 1. The number of benzene rings is 1. The number of ether oxygens (including phenoxy) is 1. The van der Waals surface area contributed by atoms with Gasteiger partial charge in [0.15, 0.2) is 0 Å². The molecule has 1 heterocycles. The van der Waals surface area contributed by atoms with Gasteiger partial charge < -0.3 is 15.2 Å². The van der Waals surface area contributed by atoms with Crippen molar-refractivity contribution in [3.63, 3.8) is 0 Å². The minimum absolute atomic E-state index is 0.000837. The molecule has 4 heteroatoms. The zero-order valence-electron chi connectivity index (χ0n) is 14.9. The molecule has 2 atom stereocenters. The molecule has 1 amide bonds. The van der Waals surface area contributed by atoms with E-state index in [2.05, 4.69) is 17.2 Å². The van der Waals surface area contributed by atoms with Crippen molar-refractivity contribution in [1.29, 1.82) is 0 Å². The molecule has 134 valence electrons. The first-order valence-corrected chi connectivity index (χ1v) is 9.24. The fourth-order valence-corrected chi connectivity index (χ4v) is 3.68. The molecule has 2 aliphatic rings. The van der Waals surface area contributed by atoms with Gasteiger partial charge in [-0.05, 0) is 56.7 Å². The number of hydrogen-bond acceptors (Lipinski definition) is 3. The van der Waals surface area contributed by atoms with E-state index in [4.69, 9.17) is 4.74 Å². The number of amides is 1. The molecule has 3 rings (SSSR count). The van der Waals surface area contributed by atoms with Crippen molar-refractivity contribution < 1.29 is 14.6 Å². The topological polar surface area (TPSA) is 58.6 Å². The summed E-state index contributed by atoms with van der Waals surface area (Å²) in [7, 11) is 0. The largest absolute Gasteiger partial charge is 0.381 e. The summed E-state index contributed by atoms with van der Waals surface area (Å²) in [5.74, 6) is 6.31. The van der Waals surface area contributed by atoms with Crippen molar-refractivity contribution in [1.82, 2.24) is 5.32 Å². The Bertz CT molecular complexity index is 669. The number of hydrogen-bond donors (Lipinski definition) is 2. The average Bonchev–Trinajstić information content (AvgIpc) is 2.61. The molecule has 4 nitrogen and oxygen atoms in total. The highest BCUT2D eigenvalue weighted by molar-refractivity contribution is 5.79. The zero-order chi connectivity index (χ0) is 17.7. The summed E-state index contributed by atoms with van der Waals surface area (Å²) in [4.78, 5) is 12.4. The molecule has 1 aliphatic carbocycles. The highest BCUT2D eigenvalue weighted by Gasteiger charge is 2.34. The minimum Gasteiger partial charge on any atom is -0.381 e. The quantitative estimate of drug-likeness (QED) is 0.813. The third-order valence-electron chi connectivity index (χ3n) is 5.12. The van der Waals surface area contributed by atoms with Crippen LogP contribution in [0.4, 0.5) is 0 Å². The normalized spacial score (nSPS) is 27.2. The summed E-state index contributed by atoms with van der Waals surface area (Å²) in [6.07, 6.45) is 4.52. The minimum atomic E-state index is -1.02. The van der Waals surface area contributed by atoms with Gasteiger partial charge in [-0.1, -0.05) is 24.0 Å². The molecule has 1 aromatic carbocycles. The Kier molecular flexibility index (Phi) is 5.78. The van der Waals surface area contributed by atoms with Gasteiger partial charge in [-0.25, -0.2) is 0 Å². The molecule has 0 spiro atoms. The molecule has 25 heavy (non-hydrogen) atoms. The van der Waals surface area contributed by atoms with E-state index in [-0.39, 0.29) is 17.9 Å². The molecule has 1 aromatic rings. The van der Waals surface area contributed by atoms with Crippen LogP contribution in [0.3, 0.4) is 0 Å². The predicted octanol–water partition coefficient (Wildman–Crippen LogP) is 2.56. The fraction of sp³-hybridized carbons (Fsp3) is 0.571. The van der Waals surface area contributed by atoms with Crippen LogP contribution >= 0.6 is 0 Å². The van der Waals surface area contributed by atoms with Crippen LogP contribution in [-0.2, 0) is 9.53 Å². The molecule has 1 saturated heterocycles. The van der Waals surface area contributed by atoms with E-state index in [1.165, 1.54) is 0 Å². The predicted molar refractivity (Wildman–Crippen MR) is 96.9 cm³/mol. The summed E-state index contributed by atoms with van der Waals surface area (Å²) >= 11 is 0. The lowest BCUT2D eigenvalue weighted by molar-refractivity contribution is -0.129. The van der Waals surface area contributed by atoms with Gasteiger partial charge >= 0.3 is 0 Å². The van der Waals surface area contributed by atoms with Crippen molar-refractivity contribution in [2.75, 3.05) is 13.2 Å². The Labute approximate surface area is 150 Å². The van der Waals surface area contributed by atoms with Crippen LogP contribution in [0.1, 0.15) is 49.7 Å². The van der Waals surface area contributed by atoms with Crippen molar-refractivity contribution in [3.05, 3.63) is 35.4 Å². The van der Waals surface area contributed by atoms with Crippen LogP contribution in [0, 0.1) is 24.7 Å². The highest BCUT2D eigenvalue weighted by atomic mass is 16.5. The first kappa shape index (κ1) is 18.0. The Morgan fingerprint density at radius 2 is 2.12 bits per heavy atom. The Hall–Kier alpha value is -1.83. The van der Waals surface area contributed by atoms with E-state index >= 15 is 0 Å². The Morgan fingerprint density at radius 3 is 2.88 bits per heavy atom. The molecule has 0 radical (unpaired) electrons. The van der Waals surface area contributed by atoms with Crippen LogP contribution in [0.2, 0.25) is 0 Å². The monoisotopic (exact) mass is 341 g/mol. The standard InChI is InChI=1S/C21H27NO3/c1-16-4-2-5-17(14-16)7-11-21(24)10-3-6-19(15-21)22-20(23)18-8-12-25-13-9-18/h2,4-5,14,18-19,24H,3,6,8-10,12-13,15H2,1H3,(H,22,23). The number of carbonyl (C=O) groups excluding carboxylic acids is 1. The summed E-state index contributed by atoms with van der Waals surface area (Å²) in [6.45, 7) is 3.35. The van der Waals surface area contributed by atoms with E-state index in [0.717, 1.165) is 36.8 Å². The average molecular weight is 341 g/mol. The first-order valence-electron chi connectivity index (χ1n) is 9.24. The first-order chi connectivity index (χ1) is 12.0. The molecule has 0 aromatic heterocycles. The number of rotatable bonds is 2. The summed E-state index contributed by atoms with van der Waals surface area (Å²) < 4.78 is 5.32. The molecular weight excluding hydrogens is 314 g/mol. The second-order valence-corrected chi connectivity index (χ2v) is 7.34. The van der Waals surface area contributed by atoms with Gasteiger partial charge in [-0.15, -0.1) is 0 Å². The number of aryl methyl sites for hydroxylation is 1. The van der Waals surface area contributed by atoms with Gasteiger partial charge in [0.1, 0.15) is 5.60 Å². The Balaban J connectivity index is 1.61. The van der Waals surface area contributed by atoms with Crippen molar-refractivity contribution in [2.24, 2.45) is 5.92 Å². The lowest BCUT2D eigenvalue weighted by Crippen LogP contribution is -2.47. The molecule has 2 N–H and O–H groups in total. The van der Waals surface area contributed by atoms with E-state index in [9.17, 15) is 9.90 Å². The van der Waals surface area contributed by atoms with Crippen molar-refractivity contribution in [3.8, 4) is 11.8 Å². The van der Waals surface area contributed by atoms with E-state index in [1.807, 2.05) is 31.2 Å². The lowest BCUT2D eigenvalue weighted by Gasteiger charge is -2.34. The molecular formula is C21H27NO3. The van der Waals surface area contributed by atoms with E-state index in [0.29, 0.717) is 26.1 Å². The maximum Gasteiger partial charge on any atom is 0.223 e. The second kappa shape index (κ2) is 8.03. The summed E-state index contributed by atoms with van der Waals surface area (Å²) in [5.41, 5.74) is 1.06.